The van der Waals surface area contributed by atoms with E-state index in [1.165, 1.54) is 0 Å². The lowest BCUT2D eigenvalue weighted by atomic mass is 10.1. The van der Waals surface area contributed by atoms with Crippen LogP contribution in [0, 0.1) is 0 Å². The summed E-state index contributed by atoms with van der Waals surface area (Å²) in [5, 5.41) is 10.1. The Hall–Kier alpha value is -1.35. The summed E-state index contributed by atoms with van der Waals surface area (Å²) in [6.07, 6.45) is 17.9. The van der Waals surface area contributed by atoms with E-state index in [0.717, 1.165) is 32.1 Å². The number of aliphatic hydroxyl groups excluding tert-OH is 1. The average molecular weight is 292 g/mol. The van der Waals surface area contributed by atoms with Crippen LogP contribution in [0.2, 0.25) is 0 Å². The van der Waals surface area contributed by atoms with E-state index in [4.69, 9.17) is 4.74 Å². The Morgan fingerprint density at radius 1 is 1.10 bits per heavy atom. The third-order valence-electron chi connectivity index (χ3n) is 3.54. The molecular weight excluding hydrogens is 264 g/mol. The number of esters is 1. The van der Waals surface area contributed by atoms with Crippen molar-refractivity contribution in [2.75, 3.05) is 0 Å². The maximum Gasteiger partial charge on any atom is 0.306 e. The summed E-state index contributed by atoms with van der Waals surface area (Å²) in [6.45, 7) is 1.93. The standard InChI is InChI=1S/C18H28O3/c1-2-17-16(19)14-12-10-8-6-4-3-5-7-9-11-13-15-18(20)21-17/h4-7,10,12,16-17,19H,2-3,8-9,11,13-15H2,1H3. The fraction of sp³-hybridized carbons (Fsp3) is 0.611. The monoisotopic (exact) mass is 292 g/mol. The summed E-state index contributed by atoms with van der Waals surface area (Å²) in [5.74, 6) is -0.195. The molecule has 0 aromatic carbocycles. The maximum absolute atomic E-state index is 11.8. The molecule has 0 bridgehead atoms. The number of aliphatic hydroxyl groups is 1. The molecule has 0 aromatic heterocycles. The first kappa shape index (κ1) is 17.7. The van der Waals surface area contributed by atoms with Crippen LogP contribution < -0.4 is 0 Å². The first-order chi connectivity index (χ1) is 10.2. The van der Waals surface area contributed by atoms with Crippen LogP contribution in [0.25, 0.3) is 0 Å². The zero-order valence-corrected chi connectivity index (χ0v) is 13.0. The van der Waals surface area contributed by atoms with Crippen molar-refractivity contribution in [3.63, 3.8) is 0 Å². The normalized spacial score (nSPS) is 26.3. The largest absolute Gasteiger partial charge is 0.460 e. The molecule has 0 aliphatic carbocycles. The van der Waals surface area contributed by atoms with E-state index in [1.54, 1.807) is 0 Å². The molecule has 3 nitrogen and oxygen atoms in total. The molecule has 1 N–H and O–H groups in total. The minimum atomic E-state index is -0.614. The van der Waals surface area contributed by atoms with E-state index < -0.39 is 12.2 Å². The zero-order valence-electron chi connectivity index (χ0n) is 13.0. The van der Waals surface area contributed by atoms with Gasteiger partial charge in [-0.2, -0.15) is 0 Å². The van der Waals surface area contributed by atoms with Gasteiger partial charge in [0.2, 0.25) is 0 Å². The van der Waals surface area contributed by atoms with Gasteiger partial charge in [-0.25, -0.2) is 0 Å². The molecule has 118 valence electrons. The number of carbonyl (C=O) groups excluding carboxylic acids is 1. The molecule has 3 heteroatoms. The Morgan fingerprint density at radius 2 is 1.76 bits per heavy atom. The number of hydrogen-bond donors (Lipinski definition) is 1. The highest BCUT2D eigenvalue weighted by molar-refractivity contribution is 5.69. The summed E-state index contributed by atoms with van der Waals surface area (Å²) in [5.41, 5.74) is 0. The van der Waals surface area contributed by atoms with Gasteiger partial charge in [0.1, 0.15) is 6.10 Å². The second-order valence-electron chi connectivity index (χ2n) is 5.37. The van der Waals surface area contributed by atoms with Crippen LogP contribution in [0.3, 0.4) is 0 Å². The van der Waals surface area contributed by atoms with E-state index in [0.29, 0.717) is 19.3 Å². The van der Waals surface area contributed by atoms with E-state index >= 15 is 0 Å². The number of carbonyl (C=O) groups is 1. The van der Waals surface area contributed by atoms with Crippen molar-refractivity contribution in [3.05, 3.63) is 36.5 Å². The molecule has 1 aliphatic rings. The molecule has 1 heterocycles. The predicted molar refractivity (Wildman–Crippen MR) is 85.9 cm³/mol. The predicted octanol–water partition coefficient (Wildman–Crippen LogP) is 4.08. The molecule has 1 rings (SSSR count). The summed E-state index contributed by atoms with van der Waals surface area (Å²) in [4.78, 5) is 11.8. The average Bonchev–Trinajstić information content (AvgIpc) is 2.48. The fourth-order valence-electron chi connectivity index (χ4n) is 2.24. The van der Waals surface area contributed by atoms with Gasteiger partial charge in [-0.15, -0.1) is 0 Å². The SMILES string of the molecule is CCC1OC(=O)CCCCC=CCC=CCC=CCC1O. The van der Waals surface area contributed by atoms with Crippen LogP contribution >= 0.6 is 0 Å². The first-order valence-corrected chi connectivity index (χ1v) is 8.06. The summed E-state index contributed by atoms with van der Waals surface area (Å²) >= 11 is 0. The minimum Gasteiger partial charge on any atom is -0.460 e. The molecule has 0 saturated carbocycles. The van der Waals surface area contributed by atoms with E-state index in [9.17, 15) is 9.90 Å². The van der Waals surface area contributed by atoms with Gasteiger partial charge in [-0.05, 0) is 44.9 Å². The summed E-state index contributed by atoms with van der Waals surface area (Å²) in [7, 11) is 0. The third-order valence-corrected chi connectivity index (χ3v) is 3.54. The number of ether oxygens (including phenoxy) is 1. The van der Waals surface area contributed by atoms with Crippen molar-refractivity contribution in [1.29, 1.82) is 0 Å². The van der Waals surface area contributed by atoms with Crippen LogP contribution in [-0.4, -0.2) is 23.3 Å². The highest BCUT2D eigenvalue weighted by Gasteiger charge is 2.20. The maximum atomic E-state index is 11.8. The molecule has 2 atom stereocenters. The van der Waals surface area contributed by atoms with Crippen molar-refractivity contribution >= 4 is 5.97 Å². The zero-order chi connectivity index (χ0) is 15.3. The molecule has 0 fully saturated rings. The summed E-state index contributed by atoms with van der Waals surface area (Å²) in [6, 6.07) is 0. The topological polar surface area (TPSA) is 46.5 Å². The Bertz CT molecular complexity index is 369. The van der Waals surface area contributed by atoms with Crippen molar-refractivity contribution < 1.29 is 14.6 Å². The third kappa shape index (κ3) is 8.51. The summed E-state index contributed by atoms with van der Waals surface area (Å²) < 4.78 is 5.38. The molecule has 0 saturated heterocycles. The second kappa shape index (κ2) is 11.3. The molecule has 1 aliphatic heterocycles. The van der Waals surface area contributed by atoms with E-state index in [-0.39, 0.29) is 5.97 Å². The number of allylic oxidation sites excluding steroid dienone is 5. The lowest BCUT2D eigenvalue weighted by Crippen LogP contribution is -2.30. The second-order valence-corrected chi connectivity index (χ2v) is 5.37. The quantitative estimate of drug-likeness (QED) is 0.585. The van der Waals surface area contributed by atoms with Crippen LogP contribution in [0.15, 0.2) is 36.5 Å². The van der Waals surface area contributed by atoms with Gasteiger partial charge >= 0.3 is 5.97 Å². The number of hydrogen-bond acceptors (Lipinski definition) is 3. The number of cyclic esters (lactones) is 1. The Kier molecular flexibility index (Phi) is 9.55. The molecule has 21 heavy (non-hydrogen) atoms. The van der Waals surface area contributed by atoms with E-state index in [1.807, 2.05) is 19.1 Å². The fourth-order valence-corrected chi connectivity index (χ4v) is 2.24. The van der Waals surface area contributed by atoms with Crippen LogP contribution in [0.5, 0.6) is 0 Å². The van der Waals surface area contributed by atoms with Gasteiger partial charge in [0.05, 0.1) is 6.10 Å². The van der Waals surface area contributed by atoms with Crippen molar-refractivity contribution in [2.24, 2.45) is 0 Å². The van der Waals surface area contributed by atoms with Gasteiger partial charge in [-0.3, -0.25) is 4.79 Å². The lowest BCUT2D eigenvalue weighted by molar-refractivity contribution is -0.155. The first-order valence-electron chi connectivity index (χ1n) is 8.06. The minimum absolute atomic E-state index is 0.195. The van der Waals surface area contributed by atoms with Gasteiger partial charge in [0.15, 0.2) is 0 Å². The Balaban J connectivity index is 2.56. The Morgan fingerprint density at radius 3 is 2.48 bits per heavy atom. The Labute approximate surface area is 128 Å². The van der Waals surface area contributed by atoms with Gasteiger partial charge < -0.3 is 9.84 Å². The highest BCUT2D eigenvalue weighted by atomic mass is 16.6. The molecule has 0 amide bonds. The highest BCUT2D eigenvalue weighted by Crippen LogP contribution is 2.12. The van der Waals surface area contributed by atoms with Crippen LogP contribution in [-0.2, 0) is 9.53 Å². The van der Waals surface area contributed by atoms with Crippen molar-refractivity contribution in [2.45, 2.75) is 70.5 Å². The van der Waals surface area contributed by atoms with E-state index in [2.05, 4.69) is 24.3 Å². The van der Waals surface area contributed by atoms with Gasteiger partial charge in [-0.1, -0.05) is 43.4 Å². The van der Waals surface area contributed by atoms with Gasteiger partial charge in [0, 0.05) is 6.42 Å². The van der Waals surface area contributed by atoms with Gasteiger partial charge in [0.25, 0.3) is 0 Å². The lowest BCUT2D eigenvalue weighted by Gasteiger charge is -2.21. The smallest absolute Gasteiger partial charge is 0.306 e. The molecule has 0 aromatic rings. The number of rotatable bonds is 1. The molecular formula is C18H28O3. The molecule has 0 spiro atoms. The molecule has 0 radical (unpaired) electrons. The van der Waals surface area contributed by atoms with Crippen molar-refractivity contribution in [1.82, 2.24) is 0 Å². The van der Waals surface area contributed by atoms with Crippen LogP contribution in [0.1, 0.15) is 58.3 Å². The molecule has 2 unspecified atom stereocenters. The van der Waals surface area contributed by atoms with Crippen molar-refractivity contribution in [3.8, 4) is 0 Å². The van der Waals surface area contributed by atoms with Crippen LogP contribution in [0.4, 0.5) is 0 Å².